The highest BCUT2D eigenvalue weighted by molar-refractivity contribution is 5.98. The van der Waals surface area contributed by atoms with Gasteiger partial charge in [-0.3, -0.25) is 9.59 Å². The summed E-state index contributed by atoms with van der Waals surface area (Å²) in [6, 6.07) is 9.68. The smallest absolute Gasteiger partial charge is 0.254 e. The highest BCUT2D eigenvalue weighted by Crippen LogP contribution is 2.34. The predicted molar refractivity (Wildman–Crippen MR) is 90.4 cm³/mol. The Morgan fingerprint density at radius 2 is 1.83 bits per heavy atom. The van der Waals surface area contributed by atoms with E-state index in [1.165, 1.54) is 17.2 Å². The first-order valence-electron chi connectivity index (χ1n) is 8.38. The molecule has 0 unspecified atom stereocenters. The fourth-order valence-electron chi connectivity index (χ4n) is 3.96. The summed E-state index contributed by atoms with van der Waals surface area (Å²) < 4.78 is 0. The molecule has 1 heterocycles. The summed E-state index contributed by atoms with van der Waals surface area (Å²) in [5.41, 5.74) is 5.19. The Morgan fingerprint density at radius 3 is 2.62 bits per heavy atom. The molecule has 24 heavy (non-hydrogen) atoms. The molecule has 0 spiro atoms. The largest absolute Gasteiger partial charge is 0.507 e. The number of aldehydes is 1. The Bertz CT molecular complexity index is 841. The van der Waals surface area contributed by atoms with Crippen LogP contribution >= 0.6 is 0 Å². The van der Waals surface area contributed by atoms with E-state index in [9.17, 15) is 14.7 Å². The molecule has 0 radical (unpaired) electrons. The molecule has 0 saturated carbocycles. The molecule has 0 aromatic heterocycles. The second-order valence-electron chi connectivity index (χ2n) is 6.53. The molecule has 0 saturated heterocycles. The van der Waals surface area contributed by atoms with Crippen molar-refractivity contribution in [3.63, 3.8) is 0 Å². The van der Waals surface area contributed by atoms with Gasteiger partial charge in [0.05, 0.1) is 5.56 Å². The summed E-state index contributed by atoms with van der Waals surface area (Å²) in [6.07, 6.45) is 4.01. The van der Waals surface area contributed by atoms with Crippen molar-refractivity contribution >= 4 is 12.2 Å². The van der Waals surface area contributed by atoms with E-state index in [1.807, 2.05) is 17.0 Å². The molecule has 1 amide bonds. The van der Waals surface area contributed by atoms with Crippen molar-refractivity contribution in [2.75, 3.05) is 6.54 Å². The molecule has 2 aromatic rings. The van der Waals surface area contributed by atoms with E-state index in [0.717, 1.165) is 36.8 Å². The molecule has 0 fully saturated rings. The number of phenolic OH excluding ortho intramolecular Hbond substituents is 1. The van der Waals surface area contributed by atoms with Crippen molar-refractivity contribution in [2.24, 2.45) is 0 Å². The topological polar surface area (TPSA) is 57.6 Å². The number of amides is 1. The lowest BCUT2D eigenvalue weighted by atomic mass is 9.95. The minimum atomic E-state index is -0.0774. The summed E-state index contributed by atoms with van der Waals surface area (Å²) in [6.45, 7) is 1.28. The number of carbonyl (C=O) groups is 2. The number of carbonyl (C=O) groups excluding carboxylic acids is 2. The second kappa shape index (κ2) is 5.78. The van der Waals surface area contributed by atoms with Gasteiger partial charge in [-0.1, -0.05) is 24.3 Å². The molecule has 122 valence electrons. The molecule has 2 aromatic carbocycles. The van der Waals surface area contributed by atoms with Crippen LogP contribution in [0.4, 0.5) is 0 Å². The predicted octanol–water partition coefficient (Wildman–Crippen LogP) is 2.89. The zero-order valence-corrected chi connectivity index (χ0v) is 13.4. The van der Waals surface area contributed by atoms with Crippen LogP contribution in [-0.4, -0.2) is 28.7 Å². The van der Waals surface area contributed by atoms with E-state index in [0.29, 0.717) is 30.5 Å². The first-order chi connectivity index (χ1) is 11.7. The number of aromatic hydroxyl groups is 1. The van der Waals surface area contributed by atoms with Crippen LogP contribution in [-0.2, 0) is 25.8 Å². The minimum Gasteiger partial charge on any atom is -0.507 e. The van der Waals surface area contributed by atoms with Crippen molar-refractivity contribution < 1.29 is 14.7 Å². The Hall–Kier alpha value is -2.62. The fourth-order valence-corrected chi connectivity index (χ4v) is 3.96. The normalized spacial score (nSPS) is 15.8. The van der Waals surface area contributed by atoms with Gasteiger partial charge in [0.25, 0.3) is 5.91 Å². The maximum Gasteiger partial charge on any atom is 0.254 e. The van der Waals surface area contributed by atoms with Crippen molar-refractivity contribution in [1.82, 2.24) is 4.90 Å². The number of hydrogen-bond acceptors (Lipinski definition) is 3. The van der Waals surface area contributed by atoms with Crippen molar-refractivity contribution in [3.05, 3.63) is 63.7 Å². The zero-order chi connectivity index (χ0) is 16.7. The van der Waals surface area contributed by atoms with Crippen LogP contribution in [0.1, 0.15) is 49.4 Å². The SMILES string of the molecule is O=Cc1c(O)cc(C(=O)N2CCc3ccccc3C2)c2c1CCC2. The maximum absolute atomic E-state index is 13.0. The first-order valence-corrected chi connectivity index (χ1v) is 8.38. The van der Waals surface area contributed by atoms with E-state index in [2.05, 4.69) is 12.1 Å². The van der Waals surface area contributed by atoms with Crippen molar-refractivity contribution in [3.8, 4) is 5.75 Å². The molecule has 1 N–H and O–H groups in total. The standard InChI is InChI=1S/C20H19NO3/c22-12-18-16-7-3-6-15(16)17(10-19(18)23)20(24)21-9-8-13-4-1-2-5-14(13)11-21/h1-2,4-5,10,12,23H,3,6-9,11H2. The van der Waals surface area contributed by atoms with Gasteiger partial charge in [-0.15, -0.1) is 0 Å². The lowest BCUT2D eigenvalue weighted by molar-refractivity contribution is 0.0733. The Labute approximate surface area is 140 Å². The Morgan fingerprint density at radius 1 is 1.08 bits per heavy atom. The molecule has 1 aliphatic carbocycles. The van der Waals surface area contributed by atoms with Gasteiger partial charge in [-0.25, -0.2) is 0 Å². The summed E-state index contributed by atoms with van der Waals surface area (Å²) in [5.74, 6) is -0.123. The monoisotopic (exact) mass is 321 g/mol. The van der Waals surface area contributed by atoms with Crippen LogP contribution in [0.2, 0.25) is 0 Å². The number of rotatable bonds is 2. The molecule has 4 heteroatoms. The van der Waals surface area contributed by atoms with E-state index in [-0.39, 0.29) is 11.7 Å². The van der Waals surface area contributed by atoms with Crippen LogP contribution in [0.5, 0.6) is 5.75 Å². The van der Waals surface area contributed by atoms with Gasteiger partial charge < -0.3 is 10.0 Å². The average molecular weight is 321 g/mol. The van der Waals surface area contributed by atoms with E-state index < -0.39 is 0 Å². The average Bonchev–Trinajstić information content (AvgIpc) is 3.09. The Kier molecular flexibility index (Phi) is 3.60. The van der Waals surface area contributed by atoms with Gasteiger partial charge >= 0.3 is 0 Å². The van der Waals surface area contributed by atoms with Gasteiger partial charge in [0.15, 0.2) is 6.29 Å². The first kappa shape index (κ1) is 14.9. The van der Waals surface area contributed by atoms with E-state index in [4.69, 9.17) is 0 Å². The fraction of sp³-hybridized carbons (Fsp3) is 0.300. The van der Waals surface area contributed by atoms with E-state index >= 15 is 0 Å². The van der Waals surface area contributed by atoms with Crippen LogP contribution in [0.25, 0.3) is 0 Å². The lowest BCUT2D eigenvalue weighted by Gasteiger charge is -2.29. The third-order valence-corrected chi connectivity index (χ3v) is 5.19. The number of nitrogens with zero attached hydrogens (tertiary/aromatic N) is 1. The van der Waals surface area contributed by atoms with Gasteiger partial charge in [-0.2, -0.15) is 0 Å². The highest BCUT2D eigenvalue weighted by Gasteiger charge is 2.28. The molecule has 2 aliphatic rings. The van der Waals surface area contributed by atoms with E-state index in [1.54, 1.807) is 0 Å². The minimum absolute atomic E-state index is 0.0459. The number of hydrogen-bond donors (Lipinski definition) is 1. The van der Waals surface area contributed by atoms with Crippen molar-refractivity contribution in [1.29, 1.82) is 0 Å². The molecule has 0 atom stereocenters. The quantitative estimate of drug-likeness (QED) is 0.865. The molecule has 0 bridgehead atoms. The number of phenols is 1. The number of benzene rings is 2. The van der Waals surface area contributed by atoms with Gasteiger partial charge in [0.2, 0.25) is 0 Å². The molecule has 1 aliphatic heterocycles. The van der Waals surface area contributed by atoms with Gasteiger partial charge in [0, 0.05) is 18.7 Å². The van der Waals surface area contributed by atoms with Gasteiger partial charge in [0.1, 0.15) is 5.75 Å². The summed E-state index contributed by atoms with van der Waals surface area (Å²) in [7, 11) is 0. The third kappa shape index (κ3) is 2.30. The molecule has 4 rings (SSSR count). The molecule has 4 nitrogen and oxygen atoms in total. The number of fused-ring (bicyclic) bond motifs is 2. The van der Waals surface area contributed by atoms with Gasteiger partial charge in [-0.05, 0) is 54.0 Å². The summed E-state index contributed by atoms with van der Waals surface area (Å²) in [4.78, 5) is 26.1. The second-order valence-corrected chi connectivity index (χ2v) is 6.53. The zero-order valence-electron chi connectivity index (χ0n) is 13.4. The third-order valence-electron chi connectivity index (χ3n) is 5.19. The highest BCUT2D eigenvalue weighted by atomic mass is 16.3. The van der Waals surface area contributed by atoms with Crippen LogP contribution in [0.3, 0.4) is 0 Å². The Balaban J connectivity index is 1.70. The summed E-state index contributed by atoms with van der Waals surface area (Å²) in [5, 5.41) is 10.2. The molecular formula is C20H19NO3. The van der Waals surface area contributed by atoms with Crippen LogP contribution in [0, 0.1) is 0 Å². The van der Waals surface area contributed by atoms with Crippen LogP contribution < -0.4 is 0 Å². The van der Waals surface area contributed by atoms with Crippen molar-refractivity contribution in [2.45, 2.75) is 32.2 Å². The lowest BCUT2D eigenvalue weighted by Crippen LogP contribution is -2.36. The summed E-state index contributed by atoms with van der Waals surface area (Å²) >= 11 is 0. The molecular weight excluding hydrogens is 302 g/mol. The van der Waals surface area contributed by atoms with Crippen LogP contribution in [0.15, 0.2) is 30.3 Å². The maximum atomic E-state index is 13.0.